The smallest absolute Gasteiger partial charge is 0.420 e. The zero-order valence-electron chi connectivity index (χ0n) is 32.8. The summed E-state index contributed by atoms with van der Waals surface area (Å²) in [5, 5.41) is 23.4. The molecule has 3 aromatic carbocycles. The standard InChI is InChI=1S/C42H30F4N8O8S/c1-41(2)39(60)53(27-10-6-22(17-47)34(35(27)43)42(44,45)46)40(63)54(41)24-8-9-26(50-19-24)21-7-12-29(23(16-21)18-48)61-15-14-49-32(56)20-62-30-5-3-4-25-33(30)38(59)52(37(25)58)28-11-13-31(55)51-36(28)57/h3-10,12,16,19,28H,11,13-15,20H2,1-2H3,(H,49,56)(H,51,55,57). The zero-order valence-corrected chi connectivity index (χ0v) is 33.6. The van der Waals surface area contributed by atoms with Crippen molar-refractivity contribution in [2.45, 2.75) is 44.4 Å². The van der Waals surface area contributed by atoms with E-state index in [4.69, 9.17) is 27.0 Å². The Balaban J connectivity index is 0.958. The van der Waals surface area contributed by atoms with Crippen molar-refractivity contribution >= 4 is 64.1 Å². The number of imide groups is 2. The van der Waals surface area contributed by atoms with Gasteiger partial charge in [-0.05, 0) is 87.1 Å². The van der Waals surface area contributed by atoms with E-state index in [1.165, 1.54) is 67.4 Å². The molecule has 0 aliphatic carbocycles. The minimum absolute atomic E-state index is 0.0141. The van der Waals surface area contributed by atoms with Gasteiger partial charge in [-0.1, -0.05) is 6.07 Å². The van der Waals surface area contributed by atoms with Crippen molar-refractivity contribution in [2.75, 3.05) is 29.6 Å². The van der Waals surface area contributed by atoms with E-state index in [-0.39, 0.29) is 65.0 Å². The third kappa shape index (κ3) is 7.85. The van der Waals surface area contributed by atoms with Gasteiger partial charge in [-0.3, -0.25) is 48.9 Å². The summed E-state index contributed by atoms with van der Waals surface area (Å²) in [4.78, 5) is 83.7. The van der Waals surface area contributed by atoms with Gasteiger partial charge in [-0.25, -0.2) is 4.39 Å². The lowest BCUT2D eigenvalue weighted by molar-refractivity contribution is -0.140. The number of aromatic nitrogens is 1. The Hall–Kier alpha value is -7.78. The van der Waals surface area contributed by atoms with Crippen molar-refractivity contribution in [3.05, 3.63) is 100 Å². The van der Waals surface area contributed by atoms with Crippen LogP contribution in [0.1, 0.15) is 64.1 Å². The summed E-state index contributed by atoms with van der Waals surface area (Å²) in [5.74, 6) is -5.93. The Labute approximate surface area is 359 Å². The Kier molecular flexibility index (Phi) is 11.4. The molecule has 3 aliphatic rings. The van der Waals surface area contributed by atoms with E-state index in [9.17, 15) is 47.2 Å². The highest BCUT2D eigenvalue weighted by atomic mass is 32.1. The Morgan fingerprint density at radius 2 is 1.73 bits per heavy atom. The lowest BCUT2D eigenvalue weighted by atomic mass is 10.0. The first-order chi connectivity index (χ1) is 29.9. The first kappa shape index (κ1) is 43.3. The number of alkyl halides is 3. The zero-order chi connectivity index (χ0) is 45.5. The number of nitrogens with zero attached hydrogens (tertiary/aromatic N) is 6. The number of halogens is 4. The topological polar surface area (TPSA) is 215 Å². The third-order valence-electron chi connectivity index (χ3n) is 10.3. The number of ether oxygens (including phenoxy) is 2. The number of anilines is 2. The van der Waals surface area contributed by atoms with Crippen LogP contribution < -0.4 is 29.9 Å². The van der Waals surface area contributed by atoms with Crippen molar-refractivity contribution in [3.63, 3.8) is 0 Å². The van der Waals surface area contributed by atoms with Crippen LogP contribution >= 0.6 is 12.2 Å². The molecule has 3 aliphatic heterocycles. The van der Waals surface area contributed by atoms with Gasteiger partial charge in [0.1, 0.15) is 41.3 Å². The second kappa shape index (κ2) is 16.6. The molecule has 1 unspecified atom stereocenters. The molecule has 4 aromatic rings. The van der Waals surface area contributed by atoms with Crippen LogP contribution in [0.4, 0.5) is 28.9 Å². The van der Waals surface area contributed by atoms with Crippen LogP contribution in [0.15, 0.2) is 66.9 Å². The lowest BCUT2D eigenvalue weighted by Gasteiger charge is -2.29. The molecule has 21 heteroatoms. The van der Waals surface area contributed by atoms with Crippen LogP contribution in [0.5, 0.6) is 11.5 Å². The number of thiocarbonyl (C=S) groups is 1. The van der Waals surface area contributed by atoms with E-state index in [0.29, 0.717) is 16.2 Å². The Morgan fingerprint density at radius 1 is 0.984 bits per heavy atom. The fourth-order valence-corrected chi connectivity index (χ4v) is 7.81. The molecule has 0 saturated carbocycles. The van der Waals surface area contributed by atoms with E-state index in [1.807, 2.05) is 6.07 Å². The summed E-state index contributed by atoms with van der Waals surface area (Å²) in [5.41, 5.74) is -3.98. The van der Waals surface area contributed by atoms with Crippen molar-refractivity contribution in [1.29, 1.82) is 10.5 Å². The minimum Gasteiger partial charge on any atom is -0.490 e. The van der Waals surface area contributed by atoms with Gasteiger partial charge < -0.3 is 19.7 Å². The molecule has 2 N–H and O–H groups in total. The Bertz CT molecular complexity index is 2750. The summed E-state index contributed by atoms with van der Waals surface area (Å²) in [7, 11) is 0. The molecule has 0 bridgehead atoms. The number of carbonyl (C=O) groups excluding carboxylic acids is 6. The molecule has 7 rings (SSSR count). The van der Waals surface area contributed by atoms with Crippen LogP contribution in [-0.2, 0) is 25.4 Å². The number of pyridine rings is 1. The number of fused-ring (bicyclic) bond motifs is 1. The third-order valence-corrected chi connectivity index (χ3v) is 10.7. The summed E-state index contributed by atoms with van der Waals surface area (Å²) >= 11 is 5.50. The number of carbonyl (C=O) groups is 6. The number of piperidine rings is 1. The number of benzene rings is 3. The van der Waals surface area contributed by atoms with E-state index in [0.717, 1.165) is 17.0 Å². The highest BCUT2D eigenvalue weighted by Crippen LogP contribution is 2.42. The highest BCUT2D eigenvalue weighted by Gasteiger charge is 2.52. The number of hydrogen-bond acceptors (Lipinski definition) is 12. The number of rotatable bonds is 11. The number of hydrogen-bond donors (Lipinski definition) is 2. The molecule has 4 heterocycles. The maximum absolute atomic E-state index is 15.4. The van der Waals surface area contributed by atoms with Crippen molar-refractivity contribution in [3.8, 4) is 34.9 Å². The first-order valence-corrected chi connectivity index (χ1v) is 19.2. The highest BCUT2D eigenvalue weighted by molar-refractivity contribution is 7.81. The molecule has 0 radical (unpaired) electrons. The van der Waals surface area contributed by atoms with Gasteiger partial charge in [0.05, 0.1) is 58.1 Å². The largest absolute Gasteiger partial charge is 0.490 e. The molecule has 2 fully saturated rings. The lowest BCUT2D eigenvalue weighted by Crippen LogP contribution is -2.54. The van der Waals surface area contributed by atoms with Crippen molar-refractivity contribution in [1.82, 2.24) is 20.5 Å². The van der Waals surface area contributed by atoms with Gasteiger partial charge >= 0.3 is 6.18 Å². The monoisotopic (exact) mass is 882 g/mol. The molecule has 0 spiro atoms. The van der Waals surface area contributed by atoms with Crippen molar-refractivity contribution in [2.24, 2.45) is 0 Å². The average molecular weight is 883 g/mol. The normalized spacial score (nSPS) is 17.0. The van der Waals surface area contributed by atoms with E-state index in [1.54, 1.807) is 12.1 Å². The van der Waals surface area contributed by atoms with Gasteiger partial charge in [0.2, 0.25) is 11.8 Å². The molecule has 63 heavy (non-hydrogen) atoms. The van der Waals surface area contributed by atoms with Crippen LogP contribution in [-0.4, -0.2) is 81.8 Å². The second-order valence-corrected chi connectivity index (χ2v) is 15.0. The van der Waals surface area contributed by atoms with Crippen molar-refractivity contribution < 1.29 is 55.8 Å². The molecular formula is C42H30F4N8O8S. The van der Waals surface area contributed by atoms with Crippen LogP contribution in [0.25, 0.3) is 11.3 Å². The number of amides is 6. The summed E-state index contributed by atoms with van der Waals surface area (Å²) < 4.78 is 68.0. The molecule has 1 atom stereocenters. The summed E-state index contributed by atoms with van der Waals surface area (Å²) in [6.07, 6.45) is -3.96. The Morgan fingerprint density at radius 3 is 2.40 bits per heavy atom. The fraction of sp³-hybridized carbons (Fsp3) is 0.238. The van der Waals surface area contributed by atoms with Gasteiger partial charge in [0, 0.05) is 12.0 Å². The van der Waals surface area contributed by atoms with Gasteiger partial charge in [0.15, 0.2) is 17.5 Å². The van der Waals surface area contributed by atoms with E-state index in [2.05, 4.69) is 15.6 Å². The minimum atomic E-state index is -5.23. The predicted octanol–water partition coefficient (Wildman–Crippen LogP) is 4.54. The first-order valence-electron chi connectivity index (χ1n) is 18.7. The molecule has 16 nitrogen and oxygen atoms in total. The van der Waals surface area contributed by atoms with Crippen LogP contribution in [0, 0.1) is 28.5 Å². The van der Waals surface area contributed by atoms with Gasteiger partial charge in [-0.2, -0.15) is 23.7 Å². The van der Waals surface area contributed by atoms with Crippen LogP contribution in [0.2, 0.25) is 0 Å². The molecule has 320 valence electrons. The average Bonchev–Trinajstić information content (AvgIpc) is 3.60. The van der Waals surface area contributed by atoms with Gasteiger partial charge in [-0.15, -0.1) is 0 Å². The van der Waals surface area contributed by atoms with E-state index >= 15 is 4.39 Å². The second-order valence-electron chi connectivity index (χ2n) is 14.6. The summed E-state index contributed by atoms with van der Waals surface area (Å²) in [6, 6.07) is 15.8. The maximum Gasteiger partial charge on any atom is 0.420 e. The molecule has 6 amide bonds. The number of nitrogens with one attached hydrogen (secondary N) is 2. The van der Waals surface area contributed by atoms with Gasteiger partial charge in [0.25, 0.3) is 23.6 Å². The molecule has 2 saturated heterocycles. The van der Waals surface area contributed by atoms with Crippen LogP contribution in [0.3, 0.4) is 0 Å². The predicted molar refractivity (Wildman–Crippen MR) is 214 cm³/mol. The fourth-order valence-electron chi connectivity index (χ4n) is 7.29. The maximum atomic E-state index is 15.4. The molecular weight excluding hydrogens is 853 g/mol. The summed E-state index contributed by atoms with van der Waals surface area (Å²) in [6.45, 7) is 2.24. The number of nitriles is 2. The molecule has 1 aromatic heterocycles. The van der Waals surface area contributed by atoms with E-state index < -0.39 is 82.4 Å². The SMILES string of the molecule is CC1(C)C(=O)N(c2ccc(C#N)c(C(F)(F)F)c2F)C(=S)N1c1ccc(-c2ccc(OCCNC(=O)COc3cccc4c3C(=O)N(C3CCC(=O)NC3=O)C4=O)c(C#N)c2)nc1. The quantitative estimate of drug-likeness (QED) is 0.0917.